The van der Waals surface area contributed by atoms with Crippen molar-refractivity contribution in [2.24, 2.45) is 5.92 Å². The zero-order valence-electron chi connectivity index (χ0n) is 20.5. The Morgan fingerprint density at radius 1 is 0.919 bits per heavy atom. The first-order valence-corrected chi connectivity index (χ1v) is 13.2. The van der Waals surface area contributed by atoms with E-state index in [1.54, 1.807) is 23.5 Å². The lowest BCUT2D eigenvalue weighted by Gasteiger charge is -2.14. The third-order valence-electron chi connectivity index (χ3n) is 6.23. The minimum absolute atomic E-state index is 0.165. The fraction of sp³-hybridized carbons (Fsp3) is 0.226. The van der Waals surface area contributed by atoms with E-state index in [0.29, 0.717) is 13.0 Å². The second-order valence-corrected chi connectivity index (χ2v) is 10.2. The number of rotatable bonds is 13. The average Bonchev–Trinajstić information content (AvgIpc) is 3.32. The molecule has 1 heterocycles. The molecule has 6 heteroatoms. The molecule has 1 aromatic heterocycles. The van der Waals surface area contributed by atoms with Crippen LogP contribution >= 0.6 is 11.3 Å². The molecule has 0 amide bonds. The zero-order chi connectivity index (χ0) is 26.0. The molecular weight excluding hydrogens is 484 g/mol. The Balaban J connectivity index is 1.45. The van der Waals surface area contributed by atoms with Crippen molar-refractivity contribution in [2.45, 2.75) is 38.7 Å². The van der Waals surface area contributed by atoms with Gasteiger partial charge in [-0.1, -0.05) is 67.1 Å². The van der Waals surface area contributed by atoms with Crippen molar-refractivity contribution in [3.05, 3.63) is 107 Å². The Labute approximate surface area is 220 Å². The van der Waals surface area contributed by atoms with E-state index in [1.807, 2.05) is 48.5 Å². The highest BCUT2D eigenvalue weighted by Crippen LogP contribution is 2.28. The van der Waals surface area contributed by atoms with Crippen LogP contribution in [0.3, 0.4) is 0 Å². The maximum atomic E-state index is 11.2. The van der Waals surface area contributed by atoms with Crippen molar-refractivity contribution in [3.63, 3.8) is 0 Å². The van der Waals surface area contributed by atoms with E-state index in [4.69, 9.17) is 14.9 Å². The standard InChI is InChI=1S/C31H30O5S/c32-30(33)12-6-1-7-22(19-23-14-17-25(18-15-23)31(34)35)13-16-24-8-2-4-10-28(24)36-21-27-20-26-9-3-5-11-29(26)37-27/h2-5,8-11,13-18,20,22H,1,6-7,12,19,21H2,(H,32,33)(H,34,35). The van der Waals surface area contributed by atoms with Crippen molar-refractivity contribution in [3.8, 4) is 5.75 Å². The fourth-order valence-corrected chi connectivity index (χ4v) is 5.26. The van der Waals surface area contributed by atoms with Gasteiger partial charge in [-0.15, -0.1) is 11.3 Å². The summed E-state index contributed by atoms with van der Waals surface area (Å²) in [5, 5.41) is 19.4. The molecule has 5 nitrogen and oxygen atoms in total. The van der Waals surface area contributed by atoms with E-state index in [9.17, 15) is 9.59 Å². The summed E-state index contributed by atoms with van der Waals surface area (Å²) in [5.74, 6) is -0.725. The molecule has 0 aliphatic rings. The van der Waals surface area contributed by atoms with Crippen molar-refractivity contribution in [2.75, 3.05) is 0 Å². The second-order valence-electron chi connectivity index (χ2n) is 9.04. The maximum absolute atomic E-state index is 11.2. The molecule has 190 valence electrons. The first-order chi connectivity index (χ1) is 18.0. The predicted octanol–water partition coefficient (Wildman–Crippen LogP) is 7.70. The quantitative estimate of drug-likeness (QED) is 0.179. The average molecular weight is 515 g/mol. The number of thiophene rings is 1. The van der Waals surface area contributed by atoms with Gasteiger partial charge in [0.2, 0.25) is 0 Å². The number of aliphatic carboxylic acids is 1. The minimum atomic E-state index is -0.941. The summed E-state index contributed by atoms with van der Waals surface area (Å²) >= 11 is 1.74. The molecule has 1 unspecified atom stereocenters. The SMILES string of the molecule is O=C(O)CCCCC(C=Cc1ccccc1OCc1cc2ccccc2s1)Cc1ccc(C(=O)O)cc1. The first kappa shape index (κ1) is 26.2. The smallest absolute Gasteiger partial charge is 0.335 e. The van der Waals surface area contributed by atoms with Crippen molar-refractivity contribution in [1.29, 1.82) is 0 Å². The van der Waals surface area contributed by atoms with Gasteiger partial charge in [-0.25, -0.2) is 4.79 Å². The lowest BCUT2D eigenvalue weighted by atomic mass is 9.92. The van der Waals surface area contributed by atoms with Gasteiger partial charge < -0.3 is 14.9 Å². The van der Waals surface area contributed by atoms with Crippen LogP contribution in [0.25, 0.3) is 16.2 Å². The summed E-state index contributed by atoms with van der Waals surface area (Å²) in [6.45, 7) is 0.499. The molecule has 3 aromatic carbocycles. The van der Waals surface area contributed by atoms with Gasteiger partial charge in [-0.05, 0) is 66.5 Å². The molecule has 0 bridgehead atoms. The van der Waals surface area contributed by atoms with Crippen LogP contribution in [0.4, 0.5) is 0 Å². The van der Waals surface area contributed by atoms with Crippen molar-refractivity contribution >= 4 is 39.4 Å². The number of fused-ring (bicyclic) bond motifs is 1. The number of allylic oxidation sites excluding steroid dienone is 1. The molecule has 0 saturated heterocycles. The monoisotopic (exact) mass is 514 g/mol. The maximum Gasteiger partial charge on any atom is 0.335 e. The summed E-state index contributed by atoms with van der Waals surface area (Å²) in [6.07, 6.45) is 7.42. The molecule has 0 saturated carbocycles. The Hall–Kier alpha value is -3.90. The molecule has 4 rings (SSSR count). The molecule has 1 atom stereocenters. The second kappa shape index (κ2) is 12.9. The van der Waals surface area contributed by atoms with Gasteiger partial charge in [-0.2, -0.15) is 0 Å². The van der Waals surface area contributed by atoms with E-state index in [0.717, 1.165) is 36.1 Å². The summed E-state index contributed by atoms with van der Waals surface area (Å²) in [6, 6.07) is 25.4. The van der Waals surface area contributed by atoms with Crippen LogP contribution in [-0.4, -0.2) is 22.2 Å². The van der Waals surface area contributed by atoms with Gasteiger partial charge in [0.1, 0.15) is 12.4 Å². The number of hydrogen-bond donors (Lipinski definition) is 2. The number of carboxylic acids is 2. The number of aromatic carboxylic acids is 1. The van der Waals surface area contributed by atoms with E-state index in [-0.39, 0.29) is 17.9 Å². The van der Waals surface area contributed by atoms with Gasteiger partial charge in [0.25, 0.3) is 0 Å². The van der Waals surface area contributed by atoms with Crippen LogP contribution in [0.5, 0.6) is 5.75 Å². The summed E-state index contributed by atoms with van der Waals surface area (Å²) < 4.78 is 7.45. The Morgan fingerprint density at radius 2 is 1.68 bits per heavy atom. The highest BCUT2D eigenvalue weighted by molar-refractivity contribution is 7.19. The number of para-hydroxylation sites is 1. The van der Waals surface area contributed by atoms with Gasteiger partial charge in [-0.3, -0.25) is 4.79 Å². The van der Waals surface area contributed by atoms with Crippen molar-refractivity contribution < 1.29 is 24.5 Å². The normalized spacial score (nSPS) is 12.1. The fourth-order valence-electron chi connectivity index (χ4n) is 4.28. The number of carbonyl (C=O) groups is 2. The molecule has 2 N–H and O–H groups in total. The van der Waals surface area contributed by atoms with E-state index in [2.05, 4.69) is 30.4 Å². The molecule has 37 heavy (non-hydrogen) atoms. The topological polar surface area (TPSA) is 83.8 Å². The van der Waals surface area contributed by atoms with E-state index < -0.39 is 11.9 Å². The number of hydrogen-bond acceptors (Lipinski definition) is 4. The lowest BCUT2D eigenvalue weighted by Crippen LogP contribution is -2.04. The predicted molar refractivity (Wildman–Crippen MR) is 148 cm³/mol. The van der Waals surface area contributed by atoms with Crippen molar-refractivity contribution in [1.82, 2.24) is 0 Å². The van der Waals surface area contributed by atoms with Crippen LogP contribution in [0, 0.1) is 5.92 Å². The molecule has 0 radical (unpaired) electrons. The molecule has 0 aliphatic heterocycles. The van der Waals surface area contributed by atoms with E-state index in [1.165, 1.54) is 15.0 Å². The van der Waals surface area contributed by atoms with Crippen LogP contribution in [-0.2, 0) is 17.8 Å². The Morgan fingerprint density at radius 3 is 2.43 bits per heavy atom. The van der Waals surface area contributed by atoms with Crippen LogP contribution < -0.4 is 4.74 Å². The molecule has 0 spiro atoms. The number of unbranched alkanes of at least 4 members (excludes halogenated alkanes) is 1. The van der Waals surface area contributed by atoms with Crippen LogP contribution in [0.1, 0.15) is 52.0 Å². The number of ether oxygens (including phenoxy) is 1. The Bertz CT molecular complexity index is 1340. The molecular formula is C31H30O5S. The number of carboxylic acid groups (broad SMARTS) is 2. The third kappa shape index (κ3) is 7.79. The summed E-state index contributed by atoms with van der Waals surface area (Å²) in [5.41, 5.74) is 2.30. The highest BCUT2D eigenvalue weighted by atomic mass is 32.1. The summed E-state index contributed by atoms with van der Waals surface area (Å²) in [7, 11) is 0. The molecule has 0 fully saturated rings. The molecule has 4 aromatic rings. The largest absolute Gasteiger partial charge is 0.487 e. The first-order valence-electron chi connectivity index (χ1n) is 12.4. The minimum Gasteiger partial charge on any atom is -0.487 e. The van der Waals surface area contributed by atoms with Gasteiger partial charge in [0.05, 0.1) is 5.56 Å². The molecule has 0 aliphatic carbocycles. The van der Waals surface area contributed by atoms with Gasteiger partial charge in [0.15, 0.2) is 0 Å². The van der Waals surface area contributed by atoms with Gasteiger partial charge >= 0.3 is 11.9 Å². The third-order valence-corrected chi connectivity index (χ3v) is 7.32. The lowest BCUT2D eigenvalue weighted by molar-refractivity contribution is -0.137. The van der Waals surface area contributed by atoms with Crippen LogP contribution in [0.15, 0.2) is 84.9 Å². The Kier molecular flexibility index (Phi) is 9.11. The number of benzene rings is 3. The zero-order valence-corrected chi connectivity index (χ0v) is 21.3. The van der Waals surface area contributed by atoms with Gasteiger partial charge in [0, 0.05) is 21.6 Å². The van der Waals surface area contributed by atoms with Crippen LogP contribution in [0.2, 0.25) is 0 Å². The highest BCUT2D eigenvalue weighted by Gasteiger charge is 2.10. The summed E-state index contributed by atoms with van der Waals surface area (Å²) in [4.78, 5) is 23.3. The van der Waals surface area contributed by atoms with E-state index >= 15 is 0 Å².